The summed E-state index contributed by atoms with van der Waals surface area (Å²) in [7, 11) is 0. The van der Waals surface area contributed by atoms with Crippen molar-refractivity contribution in [2.24, 2.45) is 0 Å². The molecule has 0 atom stereocenters. The lowest BCUT2D eigenvalue weighted by Crippen LogP contribution is -2.14. The predicted molar refractivity (Wildman–Crippen MR) is 71.2 cm³/mol. The fourth-order valence-corrected chi connectivity index (χ4v) is 2.29. The number of nitriles is 1. The molecule has 18 heavy (non-hydrogen) atoms. The molecule has 1 amide bonds. The van der Waals surface area contributed by atoms with Crippen LogP contribution in [0.4, 0.5) is 5.69 Å². The SMILES string of the molecule is N#CC(C(=O)Nc1cccc(Cl)c1)=C1CCCC1. The van der Waals surface area contributed by atoms with Gasteiger partial charge in [-0.1, -0.05) is 17.7 Å². The van der Waals surface area contributed by atoms with Gasteiger partial charge in [0.1, 0.15) is 11.6 Å². The average molecular weight is 261 g/mol. The molecule has 2 rings (SSSR count). The Morgan fingerprint density at radius 3 is 2.67 bits per heavy atom. The molecule has 1 aromatic rings. The van der Waals surface area contributed by atoms with Crippen molar-refractivity contribution >= 4 is 23.2 Å². The van der Waals surface area contributed by atoms with Crippen LogP contribution in [0.3, 0.4) is 0 Å². The van der Waals surface area contributed by atoms with Gasteiger partial charge in [0, 0.05) is 10.7 Å². The number of carbonyl (C=O) groups excluding carboxylic acids is 1. The summed E-state index contributed by atoms with van der Waals surface area (Å²) in [6.45, 7) is 0. The predicted octanol–water partition coefficient (Wildman–Crippen LogP) is 3.67. The number of benzene rings is 1. The molecule has 0 bridgehead atoms. The van der Waals surface area contributed by atoms with E-state index in [4.69, 9.17) is 16.9 Å². The third kappa shape index (κ3) is 2.91. The quantitative estimate of drug-likeness (QED) is 0.651. The molecular weight excluding hydrogens is 248 g/mol. The van der Waals surface area contributed by atoms with Crippen molar-refractivity contribution in [1.29, 1.82) is 5.26 Å². The van der Waals surface area contributed by atoms with Crippen LogP contribution in [-0.2, 0) is 4.79 Å². The lowest BCUT2D eigenvalue weighted by Gasteiger charge is -2.06. The van der Waals surface area contributed by atoms with Crippen molar-refractivity contribution in [3.05, 3.63) is 40.4 Å². The van der Waals surface area contributed by atoms with Crippen LogP contribution in [-0.4, -0.2) is 5.91 Å². The zero-order valence-corrected chi connectivity index (χ0v) is 10.6. The molecule has 92 valence electrons. The van der Waals surface area contributed by atoms with Gasteiger partial charge in [0.05, 0.1) is 0 Å². The second-order valence-corrected chi connectivity index (χ2v) is 4.70. The van der Waals surface area contributed by atoms with Crippen molar-refractivity contribution in [3.63, 3.8) is 0 Å². The summed E-state index contributed by atoms with van der Waals surface area (Å²) in [6, 6.07) is 8.91. The third-order valence-corrected chi connectivity index (χ3v) is 3.22. The van der Waals surface area contributed by atoms with Crippen LogP contribution < -0.4 is 5.32 Å². The highest BCUT2D eigenvalue weighted by atomic mass is 35.5. The monoisotopic (exact) mass is 260 g/mol. The first kappa shape index (κ1) is 12.7. The summed E-state index contributed by atoms with van der Waals surface area (Å²) in [4.78, 5) is 12.0. The number of amides is 1. The molecule has 1 N–H and O–H groups in total. The Morgan fingerprint density at radius 1 is 1.33 bits per heavy atom. The van der Waals surface area contributed by atoms with Crippen molar-refractivity contribution in [1.82, 2.24) is 0 Å². The zero-order chi connectivity index (χ0) is 13.0. The maximum Gasteiger partial charge on any atom is 0.266 e. The first-order valence-electron chi connectivity index (χ1n) is 5.90. The van der Waals surface area contributed by atoms with Crippen LogP contribution in [0.2, 0.25) is 5.02 Å². The summed E-state index contributed by atoms with van der Waals surface area (Å²) in [5.41, 5.74) is 1.84. The van der Waals surface area contributed by atoms with E-state index in [-0.39, 0.29) is 11.5 Å². The van der Waals surface area contributed by atoms with Gasteiger partial charge in [-0.3, -0.25) is 4.79 Å². The Bertz CT molecular complexity index is 535. The van der Waals surface area contributed by atoms with Gasteiger partial charge in [0.15, 0.2) is 0 Å². The van der Waals surface area contributed by atoms with Crippen LogP contribution in [0.5, 0.6) is 0 Å². The van der Waals surface area contributed by atoms with Gasteiger partial charge >= 0.3 is 0 Å². The number of halogens is 1. The summed E-state index contributed by atoms with van der Waals surface area (Å²) in [6.07, 6.45) is 3.83. The minimum Gasteiger partial charge on any atom is -0.321 e. The number of hydrogen-bond acceptors (Lipinski definition) is 2. The molecule has 0 saturated heterocycles. The number of nitrogens with zero attached hydrogens (tertiary/aromatic N) is 1. The molecule has 0 radical (unpaired) electrons. The first-order chi connectivity index (χ1) is 8.70. The summed E-state index contributed by atoms with van der Waals surface area (Å²) < 4.78 is 0. The molecule has 1 aliphatic carbocycles. The second-order valence-electron chi connectivity index (χ2n) is 4.26. The normalized spacial score (nSPS) is 14.1. The summed E-state index contributed by atoms with van der Waals surface area (Å²) in [5, 5.41) is 12.4. The maximum atomic E-state index is 12.0. The highest BCUT2D eigenvalue weighted by Gasteiger charge is 2.18. The van der Waals surface area contributed by atoms with Gasteiger partial charge in [-0.05, 0) is 49.5 Å². The topological polar surface area (TPSA) is 52.9 Å². The lowest BCUT2D eigenvalue weighted by atomic mass is 10.1. The van der Waals surface area contributed by atoms with Crippen LogP contribution in [0.15, 0.2) is 35.4 Å². The first-order valence-corrected chi connectivity index (χ1v) is 6.27. The molecule has 0 aromatic heterocycles. The van der Waals surface area contributed by atoms with Gasteiger partial charge in [-0.15, -0.1) is 0 Å². The van der Waals surface area contributed by atoms with Crippen LogP contribution in [0.1, 0.15) is 25.7 Å². The smallest absolute Gasteiger partial charge is 0.266 e. The second kappa shape index (κ2) is 5.70. The van der Waals surface area contributed by atoms with Gasteiger partial charge < -0.3 is 5.32 Å². The van der Waals surface area contributed by atoms with Gasteiger partial charge in [-0.25, -0.2) is 0 Å². The molecule has 3 nitrogen and oxygen atoms in total. The molecule has 4 heteroatoms. The minimum atomic E-state index is -0.336. The van der Waals surface area contributed by atoms with E-state index in [1.807, 2.05) is 6.07 Å². The van der Waals surface area contributed by atoms with Crippen molar-refractivity contribution in [2.45, 2.75) is 25.7 Å². The van der Waals surface area contributed by atoms with Crippen molar-refractivity contribution in [3.8, 4) is 6.07 Å². The standard InChI is InChI=1S/C14H13ClN2O/c15-11-6-3-7-12(8-11)17-14(18)13(9-16)10-4-1-2-5-10/h3,6-8H,1-2,4-5H2,(H,17,18). The van der Waals surface area contributed by atoms with Gasteiger partial charge in [0.2, 0.25) is 0 Å². The van der Waals surface area contributed by atoms with Crippen LogP contribution in [0, 0.1) is 11.3 Å². The zero-order valence-electron chi connectivity index (χ0n) is 9.87. The minimum absolute atomic E-state index is 0.257. The largest absolute Gasteiger partial charge is 0.321 e. The van der Waals surface area contributed by atoms with E-state index in [9.17, 15) is 4.79 Å². The van der Waals surface area contributed by atoms with Crippen molar-refractivity contribution < 1.29 is 4.79 Å². The molecule has 1 saturated carbocycles. The number of anilines is 1. The fraction of sp³-hybridized carbons (Fsp3) is 0.286. The van der Waals surface area contributed by atoms with Gasteiger partial charge in [-0.2, -0.15) is 5.26 Å². The van der Waals surface area contributed by atoms with E-state index in [1.54, 1.807) is 24.3 Å². The Morgan fingerprint density at radius 2 is 2.06 bits per heavy atom. The molecule has 0 aliphatic heterocycles. The average Bonchev–Trinajstić information content (AvgIpc) is 2.83. The van der Waals surface area contributed by atoms with E-state index in [1.165, 1.54) is 0 Å². The third-order valence-electron chi connectivity index (χ3n) is 2.98. The number of rotatable bonds is 2. The molecular formula is C14H13ClN2O. The number of nitrogens with one attached hydrogen (secondary N) is 1. The summed E-state index contributed by atoms with van der Waals surface area (Å²) in [5.74, 6) is -0.336. The maximum absolute atomic E-state index is 12.0. The Balaban J connectivity index is 2.17. The van der Waals surface area contributed by atoms with E-state index >= 15 is 0 Å². The van der Waals surface area contributed by atoms with E-state index in [2.05, 4.69) is 5.32 Å². The Labute approximate surface area is 111 Å². The number of allylic oxidation sites excluding steroid dienone is 1. The number of carbonyl (C=O) groups is 1. The number of hydrogen-bond donors (Lipinski definition) is 1. The Kier molecular flexibility index (Phi) is 4.01. The molecule has 0 unspecified atom stereocenters. The molecule has 1 aromatic carbocycles. The molecule has 1 aliphatic rings. The van der Waals surface area contributed by atoms with Gasteiger partial charge in [0.25, 0.3) is 5.91 Å². The molecule has 0 heterocycles. The molecule has 1 fully saturated rings. The van der Waals surface area contributed by atoms with E-state index in [0.29, 0.717) is 10.7 Å². The molecule has 0 spiro atoms. The highest BCUT2D eigenvalue weighted by Crippen LogP contribution is 2.27. The van der Waals surface area contributed by atoms with Crippen LogP contribution >= 0.6 is 11.6 Å². The van der Waals surface area contributed by atoms with Crippen LogP contribution in [0.25, 0.3) is 0 Å². The van der Waals surface area contributed by atoms with E-state index < -0.39 is 0 Å². The fourth-order valence-electron chi connectivity index (χ4n) is 2.10. The highest BCUT2D eigenvalue weighted by molar-refractivity contribution is 6.31. The van der Waals surface area contributed by atoms with Crippen molar-refractivity contribution in [2.75, 3.05) is 5.32 Å². The lowest BCUT2D eigenvalue weighted by molar-refractivity contribution is -0.112. The van der Waals surface area contributed by atoms with E-state index in [0.717, 1.165) is 31.3 Å². The Hall–Kier alpha value is -1.79. The summed E-state index contributed by atoms with van der Waals surface area (Å²) >= 11 is 5.84.